The van der Waals surface area contributed by atoms with Gasteiger partial charge in [-0.15, -0.1) is 0 Å². The molecule has 2 aromatic carbocycles. The molecule has 25 heavy (non-hydrogen) atoms. The Bertz CT molecular complexity index is 919. The molecule has 0 saturated carbocycles. The van der Waals surface area contributed by atoms with Crippen molar-refractivity contribution in [2.45, 2.75) is 13.3 Å². The van der Waals surface area contributed by atoms with Gasteiger partial charge in [0.15, 0.2) is 0 Å². The molecule has 1 heterocycles. The number of rotatable bonds is 5. The molecule has 0 atom stereocenters. The van der Waals surface area contributed by atoms with Gasteiger partial charge in [0.1, 0.15) is 11.6 Å². The molecule has 0 unspecified atom stereocenters. The Hall–Kier alpha value is -3.15. The van der Waals surface area contributed by atoms with Gasteiger partial charge in [-0.3, -0.25) is 9.78 Å². The maximum absolute atomic E-state index is 13.0. The van der Waals surface area contributed by atoms with Crippen LogP contribution in [-0.4, -0.2) is 17.1 Å². The topological polar surface area (TPSA) is 67.0 Å². The third-order valence-electron chi connectivity index (χ3n) is 3.87. The number of aromatic nitrogens is 2. The van der Waals surface area contributed by atoms with E-state index in [0.717, 1.165) is 11.3 Å². The van der Waals surface area contributed by atoms with Crippen molar-refractivity contribution >= 4 is 11.6 Å². The lowest BCUT2D eigenvalue weighted by molar-refractivity contribution is 0.414. The molecule has 128 valence electrons. The van der Waals surface area contributed by atoms with Crippen LogP contribution >= 0.6 is 0 Å². The molecule has 0 bridgehead atoms. The number of nitrogens with one attached hydrogen (secondary N) is 2. The molecule has 0 fully saturated rings. The Morgan fingerprint density at radius 3 is 2.40 bits per heavy atom. The zero-order valence-corrected chi connectivity index (χ0v) is 14.0. The van der Waals surface area contributed by atoms with Crippen LogP contribution in [-0.2, 0) is 6.42 Å². The summed E-state index contributed by atoms with van der Waals surface area (Å²) in [7, 11) is 1.61. The number of anilines is 2. The number of halogens is 1. The summed E-state index contributed by atoms with van der Waals surface area (Å²) in [6.07, 6.45) is 0.481. The zero-order chi connectivity index (χ0) is 17.8. The quantitative estimate of drug-likeness (QED) is 0.746. The summed E-state index contributed by atoms with van der Waals surface area (Å²) in [5.41, 5.74) is 2.69. The van der Waals surface area contributed by atoms with Crippen molar-refractivity contribution in [2.75, 3.05) is 12.4 Å². The molecular weight excluding hydrogens is 321 g/mol. The van der Waals surface area contributed by atoms with Crippen molar-refractivity contribution in [1.29, 1.82) is 0 Å². The summed E-state index contributed by atoms with van der Waals surface area (Å²) >= 11 is 0. The molecule has 6 heteroatoms. The van der Waals surface area contributed by atoms with Crippen LogP contribution in [0.4, 0.5) is 16.0 Å². The standard InChI is InChI=1S/C19H18FN3O2/c1-12-17(11-13-3-9-16(25-2)10-4-13)18(24)23-19(21-12)22-15-7-5-14(20)6-8-15/h3-10H,11H2,1-2H3,(H2,21,22,23,24). The number of benzene rings is 2. The van der Waals surface area contributed by atoms with Crippen LogP contribution < -0.4 is 15.6 Å². The first kappa shape index (κ1) is 16.7. The second-order valence-corrected chi connectivity index (χ2v) is 5.64. The maximum Gasteiger partial charge on any atom is 0.256 e. The SMILES string of the molecule is COc1ccc(Cc2c(C)nc(Nc3ccc(F)cc3)[nH]c2=O)cc1. The van der Waals surface area contributed by atoms with Crippen LogP contribution in [0.25, 0.3) is 0 Å². The minimum absolute atomic E-state index is 0.201. The van der Waals surface area contributed by atoms with Gasteiger partial charge in [-0.1, -0.05) is 12.1 Å². The summed E-state index contributed by atoms with van der Waals surface area (Å²) in [5.74, 6) is 0.775. The molecule has 0 aliphatic carbocycles. The highest BCUT2D eigenvalue weighted by atomic mass is 19.1. The Kier molecular flexibility index (Phi) is 4.79. The Labute approximate surface area is 144 Å². The number of aryl methyl sites for hydroxylation is 1. The van der Waals surface area contributed by atoms with E-state index in [-0.39, 0.29) is 11.4 Å². The largest absolute Gasteiger partial charge is 0.497 e. The molecule has 3 aromatic rings. The lowest BCUT2D eigenvalue weighted by Crippen LogP contribution is -2.18. The fourth-order valence-electron chi connectivity index (χ4n) is 2.50. The zero-order valence-electron chi connectivity index (χ0n) is 14.0. The number of hydrogen-bond acceptors (Lipinski definition) is 4. The average molecular weight is 339 g/mol. The summed E-state index contributed by atoms with van der Waals surface area (Å²) in [4.78, 5) is 19.5. The van der Waals surface area contributed by atoms with Crippen LogP contribution in [0.15, 0.2) is 53.3 Å². The average Bonchev–Trinajstić information content (AvgIpc) is 2.61. The van der Waals surface area contributed by atoms with E-state index in [1.54, 1.807) is 26.2 Å². The fourth-order valence-corrected chi connectivity index (χ4v) is 2.50. The smallest absolute Gasteiger partial charge is 0.256 e. The molecular formula is C19H18FN3O2. The lowest BCUT2D eigenvalue weighted by Gasteiger charge is -2.09. The van der Waals surface area contributed by atoms with Crippen LogP contribution in [0.5, 0.6) is 5.75 Å². The van der Waals surface area contributed by atoms with Gasteiger partial charge in [-0.2, -0.15) is 0 Å². The minimum atomic E-state index is -0.321. The Morgan fingerprint density at radius 2 is 1.80 bits per heavy atom. The first-order valence-electron chi connectivity index (χ1n) is 7.80. The molecule has 0 aliphatic rings. The number of methoxy groups -OCH3 is 1. The predicted octanol–water partition coefficient (Wildman–Crippen LogP) is 3.56. The van der Waals surface area contributed by atoms with E-state index in [9.17, 15) is 9.18 Å². The third-order valence-corrected chi connectivity index (χ3v) is 3.87. The highest BCUT2D eigenvalue weighted by Crippen LogP contribution is 2.16. The van der Waals surface area contributed by atoms with Crippen molar-refractivity contribution in [3.63, 3.8) is 0 Å². The van der Waals surface area contributed by atoms with Crippen molar-refractivity contribution < 1.29 is 9.13 Å². The fraction of sp³-hybridized carbons (Fsp3) is 0.158. The van der Waals surface area contributed by atoms with Crippen LogP contribution in [0.1, 0.15) is 16.8 Å². The van der Waals surface area contributed by atoms with E-state index < -0.39 is 0 Å². The molecule has 0 spiro atoms. The molecule has 0 aliphatic heterocycles. The molecule has 2 N–H and O–H groups in total. The number of hydrogen-bond donors (Lipinski definition) is 2. The van der Waals surface area contributed by atoms with Crippen molar-refractivity contribution in [3.8, 4) is 5.75 Å². The second-order valence-electron chi connectivity index (χ2n) is 5.64. The van der Waals surface area contributed by atoms with Crippen molar-refractivity contribution in [3.05, 3.63) is 81.5 Å². The molecule has 1 aromatic heterocycles. The van der Waals surface area contributed by atoms with Crippen LogP contribution in [0.2, 0.25) is 0 Å². The molecule has 0 radical (unpaired) electrons. The molecule has 3 rings (SSSR count). The van der Waals surface area contributed by atoms with Gasteiger partial charge in [0, 0.05) is 17.7 Å². The number of H-pyrrole nitrogens is 1. The highest BCUT2D eigenvalue weighted by Gasteiger charge is 2.09. The van der Waals surface area contributed by atoms with Gasteiger partial charge in [0.2, 0.25) is 5.95 Å². The van der Waals surface area contributed by atoms with Crippen molar-refractivity contribution in [2.24, 2.45) is 0 Å². The highest BCUT2D eigenvalue weighted by molar-refractivity contribution is 5.53. The van der Waals surface area contributed by atoms with Crippen LogP contribution in [0, 0.1) is 12.7 Å². The molecule has 0 saturated heterocycles. The van der Waals surface area contributed by atoms with E-state index in [2.05, 4.69) is 15.3 Å². The van der Waals surface area contributed by atoms with Gasteiger partial charge >= 0.3 is 0 Å². The van der Waals surface area contributed by atoms with E-state index in [4.69, 9.17) is 4.74 Å². The Balaban J connectivity index is 1.81. The normalized spacial score (nSPS) is 10.5. The van der Waals surface area contributed by atoms with Gasteiger partial charge in [0.25, 0.3) is 5.56 Å². The van der Waals surface area contributed by atoms with Crippen molar-refractivity contribution in [1.82, 2.24) is 9.97 Å². The minimum Gasteiger partial charge on any atom is -0.497 e. The van der Waals surface area contributed by atoms with E-state index in [0.29, 0.717) is 29.3 Å². The van der Waals surface area contributed by atoms with Gasteiger partial charge in [0.05, 0.1) is 12.8 Å². The third kappa shape index (κ3) is 4.03. The summed E-state index contributed by atoms with van der Waals surface area (Å²) in [6.45, 7) is 1.80. The number of aromatic amines is 1. The summed E-state index contributed by atoms with van der Waals surface area (Å²) < 4.78 is 18.1. The van der Waals surface area contributed by atoms with Gasteiger partial charge < -0.3 is 10.1 Å². The molecule has 5 nitrogen and oxygen atoms in total. The van der Waals surface area contributed by atoms with Gasteiger partial charge in [-0.25, -0.2) is 9.37 Å². The number of nitrogens with zero attached hydrogens (tertiary/aromatic N) is 1. The maximum atomic E-state index is 13.0. The first-order valence-corrected chi connectivity index (χ1v) is 7.80. The summed E-state index contributed by atoms with van der Waals surface area (Å²) in [6, 6.07) is 13.4. The van der Waals surface area contributed by atoms with E-state index in [1.807, 2.05) is 24.3 Å². The monoisotopic (exact) mass is 339 g/mol. The lowest BCUT2D eigenvalue weighted by atomic mass is 10.1. The predicted molar refractivity (Wildman–Crippen MR) is 95.1 cm³/mol. The Morgan fingerprint density at radius 1 is 1.12 bits per heavy atom. The molecule has 0 amide bonds. The van der Waals surface area contributed by atoms with Gasteiger partial charge in [-0.05, 0) is 48.9 Å². The second kappa shape index (κ2) is 7.17. The summed E-state index contributed by atoms with van der Waals surface area (Å²) in [5, 5.41) is 2.97. The first-order chi connectivity index (χ1) is 12.0. The van der Waals surface area contributed by atoms with E-state index >= 15 is 0 Å². The van der Waals surface area contributed by atoms with E-state index in [1.165, 1.54) is 12.1 Å². The number of ether oxygens (including phenoxy) is 1. The van der Waals surface area contributed by atoms with Crippen LogP contribution in [0.3, 0.4) is 0 Å².